The van der Waals surface area contributed by atoms with E-state index in [1.807, 2.05) is 41.9 Å². The summed E-state index contributed by atoms with van der Waals surface area (Å²) in [6, 6.07) is 9.99. The maximum absolute atomic E-state index is 11.5. The minimum absolute atomic E-state index is 0.252. The van der Waals surface area contributed by atoms with Gasteiger partial charge >= 0.3 is 5.97 Å². The fourth-order valence-electron chi connectivity index (χ4n) is 3.38. The van der Waals surface area contributed by atoms with Crippen molar-refractivity contribution in [2.24, 2.45) is 5.92 Å². The molecule has 5 heteroatoms. The lowest BCUT2D eigenvalue weighted by atomic mass is 9.89. The van der Waals surface area contributed by atoms with Crippen LogP contribution in [0.25, 0.3) is 0 Å². The second kappa shape index (κ2) is 5.55. The number of aryl methyl sites for hydroxylation is 3. The van der Waals surface area contributed by atoms with E-state index >= 15 is 0 Å². The highest BCUT2D eigenvalue weighted by atomic mass is 16.4. The molecular formula is C17H21N3O2. The monoisotopic (exact) mass is 299 g/mol. The number of carbonyl (C=O) groups is 1. The zero-order valence-corrected chi connectivity index (χ0v) is 13.0. The van der Waals surface area contributed by atoms with Crippen LogP contribution in [0.1, 0.15) is 37.0 Å². The smallest absolute Gasteiger partial charge is 0.307 e. The van der Waals surface area contributed by atoms with Gasteiger partial charge in [-0.1, -0.05) is 37.3 Å². The minimum atomic E-state index is -0.700. The molecule has 1 saturated carbocycles. The summed E-state index contributed by atoms with van der Waals surface area (Å²) in [5, 5.41) is 13.9. The van der Waals surface area contributed by atoms with E-state index in [0.717, 1.165) is 30.1 Å². The second-order valence-electron chi connectivity index (χ2n) is 6.02. The average molecular weight is 299 g/mol. The van der Waals surface area contributed by atoms with Gasteiger partial charge in [0.2, 0.25) is 0 Å². The molecule has 0 unspecified atom stereocenters. The molecule has 116 valence electrons. The Morgan fingerprint density at radius 2 is 2.14 bits per heavy atom. The third-order valence-corrected chi connectivity index (χ3v) is 4.66. The van der Waals surface area contributed by atoms with Gasteiger partial charge in [0.05, 0.1) is 5.92 Å². The highest BCUT2D eigenvalue weighted by Crippen LogP contribution is 2.57. The molecule has 0 spiro atoms. The SMILES string of the molecule is CCc1nc(C)nn1CC[C@@]1(c2ccccc2)C[C@H]1C(=O)O. The van der Waals surface area contributed by atoms with Crippen LogP contribution in [0.5, 0.6) is 0 Å². The third-order valence-electron chi connectivity index (χ3n) is 4.66. The van der Waals surface area contributed by atoms with Gasteiger partial charge in [-0.3, -0.25) is 4.79 Å². The summed E-state index contributed by atoms with van der Waals surface area (Å²) in [5.74, 6) is 0.753. The number of hydrogen-bond acceptors (Lipinski definition) is 3. The van der Waals surface area contributed by atoms with Crippen molar-refractivity contribution in [1.29, 1.82) is 0 Å². The Bertz CT molecular complexity index is 680. The number of benzene rings is 1. The van der Waals surface area contributed by atoms with Crippen molar-refractivity contribution in [3.05, 3.63) is 47.5 Å². The molecule has 1 fully saturated rings. The van der Waals surface area contributed by atoms with Crippen molar-refractivity contribution in [3.63, 3.8) is 0 Å². The van der Waals surface area contributed by atoms with E-state index < -0.39 is 5.97 Å². The fourth-order valence-corrected chi connectivity index (χ4v) is 3.38. The molecule has 1 aromatic carbocycles. The lowest BCUT2D eigenvalue weighted by Crippen LogP contribution is -2.19. The van der Waals surface area contributed by atoms with Crippen LogP contribution in [0.2, 0.25) is 0 Å². The molecule has 1 heterocycles. The van der Waals surface area contributed by atoms with Gasteiger partial charge in [-0.15, -0.1) is 0 Å². The lowest BCUT2D eigenvalue weighted by molar-refractivity contribution is -0.139. The molecule has 5 nitrogen and oxygen atoms in total. The van der Waals surface area contributed by atoms with Crippen LogP contribution >= 0.6 is 0 Å². The molecule has 1 aliphatic rings. The number of carboxylic acid groups (broad SMARTS) is 1. The topological polar surface area (TPSA) is 68.0 Å². The largest absolute Gasteiger partial charge is 0.481 e. The van der Waals surface area contributed by atoms with Crippen molar-refractivity contribution < 1.29 is 9.90 Å². The van der Waals surface area contributed by atoms with E-state index in [-0.39, 0.29) is 11.3 Å². The maximum Gasteiger partial charge on any atom is 0.307 e. The van der Waals surface area contributed by atoms with Crippen molar-refractivity contribution in [2.75, 3.05) is 0 Å². The Kier molecular flexibility index (Phi) is 3.72. The first-order chi connectivity index (χ1) is 10.6. The maximum atomic E-state index is 11.5. The highest BCUT2D eigenvalue weighted by molar-refractivity contribution is 5.77. The summed E-state index contributed by atoms with van der Waals surface area (Å²) in [6.45, 7) is 4.66. The van der Waals surface area contributed by atoms with Crippen LogP contribution < -0.4 is 0 Å². The highest BCUT2D eigenvalue weighted by Gasteiger charge is 2.59. The number of nitrogens with zero attached hydrogens (tertiary/aromatic N) is 3. The molecule has 3 rings (SSSR count). The third kappa shape index (κ3) is 2.51. The normalized spacial score (nSPS) is 23.5. The van der Waals surface area contributed by atoms with Gasteiger partial charge < -0.3 is 5.11 Å². The molecule has 0 amide bonds. The van der Waals surface area contributed by atoms with Gasteiger partial charge in [-0.25, -0.2) is 9.67 Å². The molecule has 0 bridgehead atoms. The quantitative estimate of drug-likeness (QED) is 0.890. The number of rotatable bonds is 6. The molecule has 22 heavy (non-hydrogen) atoms. The minimum Gasteiger partial charge on any atom is -0.481 e. The van der Waals surface area contributed by atoms with Gasteiger partial charge in [0.1, 0.15) is 11.6 Å². The van der Waals surface area contributed by atoms with Crippen LogP contribution in [0.4, 0.5) is 0 Å². The lowest BCUT2D eigenvalue weighted by Gasteiger charge is -2.17. The average Bonchev–Trinajstić information content (AvgIpc) is 3.16. The van der Waals surface area contributed by atoms with Crippen molar-refractivity contribution >= 4 is 5.97 Å². The van der Waals surface area contributed by atoms with Gasteiger partial charge in [0.15, 0.2) is 0 Å². The van der Waals surface area contributed by atoms with Gasteiger partial charge in [0.25, 0.3) is 0 Å². The van der Waals surface area contributed by atoms with E-state index in [1.165, 1.54) is 0 Å². The van der Waals surface area contributed by atoms with Crippen LogP contribution in [-0.2, 0) is 23.2 Å². The standard InChI is InChI=1S/C17H21N3O2/c1-3-15-18-12(2)19-20(15)10-9-17(11-14(17)16(21)22)13-7-5-4-6-8-13/h4-8,14H,3,9-11H2,1-2H3,(H,21,22)/t14-,17-/m0/s1. The first-order valence-electron chi connectivity index (χ1n) is 7.75. The van der Waals surface area contributed by atoms with Gasteiger partial charge in [-0.05, 0) is 25.3 Å². The number of carboxylic acids is 1. The van der Waals surface area contributed by atoms with Gasteiger partial charge in [-0.2, -0.15) is 5.10 Å². The van der Waals surface area contributed by atoms with Crippen molar-refractivity contribution in [1.82, 2.24) is 14.8 Å². The summed E-state index contributed by atoms with van der Waals surface area (Å²) in [5.41, 5.74) is 0.870. The zero-order valence-electron chi connectivity index (χ0n) is 13.0. The Labute approximate surface area is 130 Å². The number of aliphatic carboxylic acids is 1. The Hall–Kier alpha value is -2.17. The molecule has 0 aliphatic heterocycles. The van der Waals surface area contributed by atoms with Gasteiger partial charge in [0, 0.05) is 18.4 Å². The number of hydrogen-bond donors (Lipinski definition) is 1. The molecule has 2 atom stereocenters. The van der Waals surface area contributed by atoms with E-state index in [4.69, 9.17) is 0 Å². The first-order valence-corrected chi connectivity index (χ1v) is 7.75. The molecule has 2 aromatic rings. The Balaban J connectivity index is 1.82. The summed E-state index contributed by atoms with van der Waals surface area (Å²) >= 11 is 0. The van der Waals surface area contributed by atoms with Crippen molar-refractivity contribution in [2.45, 2.75) is 45.1 Å². The van der Waals surface area contributed by atoms with Crippen LogP contribution in [0, 0.1) is 12.8 Å². The molecule has 0 saturated heterocycles. The molecular weight excluding hydrogens is 278 g/mol. The summed E-state index contributed by atoms with van der Waals surface area (Å²) in [6.07, 6.45) is 2.33. The van der Waals surface area contributed by atoms with E-state index in [2.05, 4.69) is 17.0 Å². The van der Waals surface area contributed by atoms with Crippen LogP contribution in [-0.4, -0.2) is 25.8 Å². The zero-order chi connectivity index (χ0) is 15.7. The molecule has 1 aromatic heterocycles. The van der Waals surface area contributed by atoms with E-state index in [0.29, 0.717) is 13.0 Å². The van der Waals surface area contributed by atoms with Crippen LogP contribution in [0.3, 0.4) is 0 Å². The summed E-state index contributed by atoms with van der Waals surface area (Å²) < 4.78 is 1.93. The molecule has 1 aliphatic carbocycles. The Morgan fingerprint density at radius 1 is 1.41 bits per heavy atom. The summed E-state index contributed by atoms with van der Waals surface area (Å²) in [7, 11) is 0. The predicted octanol–water partition coefficient (Wildman–Crippen LogP) is 2.58. The second-order valence-corrected chi connectivity index (χ2v) is 6.02. The first kappa shape index (κ1) is 14.8. The molecule has 0 radical (unpaired) electrons. The van der Waals surface area contributed by atoms with E-state index in [1.54, 1.807) is 0 Å². The summed E-state index contributed by atoms with van der Waals surface area (Å²) in [4.78, 5) is 15.9. The Morgan fingerprint density at radius 3 is 2.73 bits per heavy atom. The van der Waals surface area contributed by atoms with Crippen molar-refractivity contribution in [3.8, 4) is 0 Å². The predicted molar refractivity (Wildman–Crippen MR) is 82.6 cm³/mol. The fraction of sp³-hybridized carbons (Fsp3) is 0.471. The number of aromatic nitrogens is 3. The van der Waals surface area contributed by atoms with E-state index in [9.17, 15) is 9.90 Å². The molecule has 1 N–H and O–H groups in total. The van der Waals surface area contributed by atoms with Crippen LogP contribution in [0.15, 0.2) is 30.3 Å².